The number of rotatable bonds is 5. The van der Waals surface area contributed by atoms with Crippen LogP contribution in [0.4, 0.5) is 0 Å². The van der Waals surface area contributed by atoms with E-state index in [1.54, 1.807) is 6.92 Å². The van der Waals surface area contributed by atoms with E-state index >= 15 is 0 Å². The first-order chi connectivity index (χ1) is 8.33. The monoisotopic (exact) mass is 311 g/mol. The number of benzene rings is 1. The summed E-state index contributed by atoms with van der Waals surface area (Å²) >= 11 is 11.7. The van der Waals surface area contributed by atoms with Crippen molar-refractivity contribution in [3.63, 3.8) is 0 Å². The molecule has 1 atom stereocenters. The van der Waals surface area contributed by atoms with E-state index in [0.29, 0.717) is 6.42 Å². The Morgan fingerprint density at radius 2 is 2.00 bits per heavy atom. The van der Waals surface area contributed by atoms with Gasteiger partial charge >= 0.3 is 0 Å². The van der Waals surface area contributed by atoms with Gasteiger partial charge in [-0.25, -0.2) is 13.1 Å². The number of methoxy groups -OCH3 is 1. The molecule has 102 valence electrons. The molecule has 18 heavy (non-hydrogen) atoms. The molecule has 1 N–H and O–H groups in total. The summed E-state index contributed by atoms with van der Waals surface area (Å²) in [5, 5.41) is 0.335. The molecule has 0 radical (unpaired) electrons. The number of halogens is 2. The van der Waals surface area contributed by atoms with Gasteiger partial charge in [0.1, 0.15) is 9.92 Å². The first-order valence-corrected chi connectivity index (χ1v) is 7.61. The summed E-state index contributed by atoms with van der Waals surface area (Å²) in [6, 6.07) is 2.63. The highest BCUT2D eigenvalue weighted by atomic mass is 35.5. The first-order valence-electron chi connectivity index (χ1n) is 5.37. The Bertz CT molecular complexity index is 531. The van der Waals surface area contributed by atoms with Crippen molar-refractivity contribution in [3.8, 4) is 5.75 Å². The zero-order valence-corrected chi connectivity index (χ0v) is 12.7. The molecule has 0 aliphatic carbocycles. The fourth-order valence-electron chi connectivity index (χ4n) is 1.33. The number of nitrogens with one attached hydrogen (secondary N) is 1. The van der Waals surface area contributed by atoms with Crippen LogP contribution in [-0.2, 0) is 10.0 Å². The van der Waals surface area contributed by atoms with Gasteiger partial charge in [0.25, 0.3) is 0 Å². The van der Waals surface area contributed by atoms with Crippen molar-refractivity contribution in [2.75, 3.05) is 7.11 Å². The van der Waals surface area contributed by atoms with E-state index in [1.807, 2.05) is 6.92 Å². The molecule has 0 bridgehead atoms. The predicted octanol–water partition coefficient (Wildman–Crippen LogP) is 3.08. The van der Waals surface area contributed by atoms with Crippen LogP contribution in [0.3, 0.4) is 0 Å². The minimum atomic E-state index is -3.67. The molecule has 0 unspecified atom stereocenters. The molecule has 0 saturated heterocycles. The van der Waals surface area contributed by atoms with Crippen LogP contribution in [-0.4, -0.2) is 21.6 Å². The van der Waals surface area contributed by atoms with Gasteiger partial charge in [-0.15, -0.1) is 0 Å². The number of hydrogen-bond acceptors (Lipinski definition) is 3. The molecule has 0 amide bonds. The van der Waals surface area contributed by atoms with Crippen LogP contribution in [0.15, 0.2) is 17.0 Å². The smallest absolute Gasteiger partial charge is 0.244 e. The average molecular weight is 312 g/mol. The van der Waals surface area contributed by atoms with E-state index < -0.39 is 10.0 Å². The maximum Gasteiger partial charge on any atom is 0.244 e. The molecule has 1 aromatic carbocycles. The fourth-order valence-corrected chi connectivity index (χ4v) is 3.27. The maximum absolute atomic E-state index is 12.2. The van der Waals surface area contributed by atoms with Gasteiger partial charge in [0.15, 0.2) is 5.75 Å². The van der Waals surface area contributed by atoms with Gasteiger partial charge in [-0.2, -0.15) is 0 Å². The zero-order chi connectivity index (χ0) is 13.9. The molecule has 4 nitrogen and oxygen atoms in total. The molecular weight excluding hydrogens is 297 g/mol. The lowest BCUT2D eigenvalue weighted by Gasteiger charge is -2.15. The summed E-state index contributed by atoms with van der Waals surface area (Å²) in [5.41, 5.74) is 0. The fraction of sp³-hybridized carbons (Fsp3) is 0.455. The Hall–Kier alpha value is -0.490. The Kier molecular flexibility index (Phi) is 5.28. The van der Waals surface area contributed by atoms with Crippen LogP contribution in [0.5, 0.6) is 5.75 Å². The van der Waals surface area contributed by atoms with Gasteiger partial charge < -0.3 is 4.74 Å². The third-order valence-electron chi connectivity index (χ3n) is 2.48. The van der Waals surface area contributed by atoms with Gasteiger partial charge in [-0.1, -0.05) is 30.1 Å². The normalized spacial score (nSPS) is 13.4. The highest BCUT2D eigenvalue weighted by molar-refractivity contribution is 7.89. The minimum absolute atomic E-state index is 0.0142. The second kappa shape index (κ2) is 6.10. The molecule has 7 heteroatoms. The van der Waals surface area contributed by atoms with Crippen LogP contribution in [0.25, 0.3) is 0 Å². The molecule has 0 aliphatic heterocycles. The van der Waals surface area contributed by atoms with E-state index in [1.165, 1.54) is 19.2 Å². The number of sulfonamides is 1. The highest BCUT2D eigenvalue weighted by Gasteiger charge is 2.24. The lowest BCUT2D eigenvalue weighted by molar-refractivity contribution is 0.402. The van der Waals surface area contributed by atoms with E-state index in [4.69, 9.17) is 27.9 Å². The van der Waals surface area contributed by atoms with Gasteiger partial charge in [0, 0.05) is 6.04 Å². The average Bonchev–Trinajstić information content (AvgIpc) is 2.31. The van der Waals surface area contributed by atoms with Gasteiger partial charge in [-0.05, 0) is 25.5 Å². The zero-order valence-electron chi connectivity index (χ0n) is 10.3. The predicted molar refractivity (Wildman–Crippen MR) is 73.1 cm³/mol. The Morgan fingerprint density at radius 3 is 2.50 bits per heavy atom. The Balaban J connectivity index is 3.29. The van der Waals surface area contributed by atoms with E-state index in [0.717, 1.165) is 0 Å². The van der Waals surface area contributed by atoms with Crippen molar-refractivity contribution in [1.29, 1.82) is 0 Å². The van der Waals surface area contributed by atoms with Crippen molar-refractivity contribution in [2.45, 2.75) is 31.2 Å². The maximum atomic E-state index is 12.2. The third kappa shape index (κ3) is 3.29. The molecule has 0 spiro atoms. The SMILES string of the molecule is CC[C@@H](C)NS(=O)(=O)c1ccc(Cl)c(Cl)c1OC. The third-order valence-corrected chi connectivity index (χ3v) is 4.88. The van der Waals surface area contributed by atoms with Crippen molar-refractivity contribution >= 4 is 33.2 Å². The quantitative estimate of drug-likeness (QED) is 0.909. The lowest BCUT2D eigenvalue weighted by Crippen LogP contribution is -2.32. The van der Waals surface area contributed by atoms with Gasteiger partial charge in [0.2, 0.25) is 10.0 Å². The van der Waals surface area contributed by atoms with E-state index in [2.05, 4.69) is 4.72 Å². The molecule has 0 fully saturated rings. The molecule has 0 aromatic heterocycles. The van der Waals surface area contributed by atoms with Crippen LogP contribution in [0.1, 0.15) is 20.3 Å². The summed E-state index contributed by atoms with van der Waals surface area (Å²) in [5.74, 6) is 0.0555. The second-order valence-electron chi connectivity index (χ2n) is 3.82. The van der Waals surface area contributed by atoms with Crippen molar-refractivity contribution in [2.24, 2.45) is 0 Å². The standard InChI is InChI=1S/C11H15Cl2NO3S/c1-4-7(2)14-18(15,16)9-6-5-8(12)10(13)11(9)17-3/h5-7,14H,4H2,1-3H3/t7-/m1/s1. The topological polar surface area (TPSA) is 55.4 Å². The van der Waals surface area contributed by atoms with Crippen LogP contribution in [0, 0.1) is 0 Å². The number of ether oxygens (including phenoxy) is 1. The van der Waals surface area contributed by atoms with E-state index in [-0.39, 0.29) is 26.7 Å². The second-order valence-corrected chi connectivity index (χ2v) is 6.29. The molecule has 1 rings (SSSR count). The summed E-state index contributed by atoms with van der Waals surface area (Å²) in [7, 11) is -2.32. The number of hydrogen-bond donors (Lipinski definition) is 1. The Morgan fingerprint density at radius 1 is 1.39 bits per heavy atom. The van der Waals surface area contributed by atoms with Crippen molar-refractivity contribution < 1.29 is 13.2 Å². The molecule has 0 aliphatic rings. The van der Waals surface area contributed by atoms with Crippen LogP contribution in [0.2, 0.25) is 10.0 Å². The molecule has 0 saturated carbocycles. The first kappa shape index (κ1) is 15.6. The van der Waals surface area contributed by atoms with Gasteiger partial charge in [-0.3, -0.25) is 0 Å². The minimum Gasteiger partial charge on any atom is -0.494 e. The summed E-state index contributed by atoms with van der Waals surface area (Å²) in [6.07, 6.45) is 0.683. The molecule has 1 aromatic rings. The van der Waals surface area contributed by atoms with Crippen LogP contribution >= 0.6 is 23.2 Å². The molecule has 0 heterocycles. The lowest BCUT2D eigenvalue weighted by atomic mass is 10.3. The van der Waals surface area contributed by atoms with E-state index in [9.17, 15) is 8.42 Å². The van der Waals surface area contributed by atoms with Crippen molar-refractivity contribution in [1.82, 2.24) is 4.72 Å². The Labute approximate surface area is 117 Å². The van der Waals surface area contributed by atoms with Crippen LogP contribution < -0.4 is 9.46 Å². The molecular formula is C11H15Cl2NO3S. The van der Waals surface area contributed by atoms with Gasteiger partial charge in [0.05, 0.1) is 12.1 Å². The largest absolute Gasteiger partial charge is 0.494 e. The summed E-state index contributed by atoms with van der Waals surface area (Å²) in [4.78, 5) is -0.0142. The van der Waals surface area contributed by atoms with Crippen molar-refractivity contribution in [3.05, 3.63) is 22.2 Å². The highest BCUT2D eigenvalue weighted by Crippen LogP contribution is 2.37. The summed E-state index contributed by atoms with van der Waals surface area (Å²) in [6.45, 7) is 3.67. The summed E-state index contributed by atoms with van der Waals surface area (Å²) < 4.78 is 31.9.